The van der Waals surface area contributed by atoms with Gasteiger partial charge in [-0.05, 0) is 19.1 Å². The molecule has 27 heavy (non-hydrogen) atoms. The first-order valence-corrected chi connectivity index (χ1v) is 7.89. The molecule has 1 aromatic heterocycles. The number of nitrogens with one attached hydrogen (secondary N) is 1. The summed E-state index contributed by atoms with van der Waals surface area (Å²) in [4.78, 5) is 23.6. The van der Waals surface area contributed by atoms with Gasteiger partial charge >= 0.3 is 12.1 Å². The number of hydrogen-bond donors (Lipinski definition) is 1. The number of para-hydroxylation sites is 1. The van der Waals surface area contributed by atoms with Gasteiger partial charge in [0.1, 0.15) is 12.3 Å². The maximum absolute atomic E-state index is 12.5. The van der Waals surface area contributed by atoms with Crippen LogP contribution in [0.25, 0.3) is 0 Å². The molecule has 2 aromatic rings. The Morgan fingerprint density at radius 3 is 2.59 bits per heavy atom. The van der Waals surface area contributed by atoms with Crippen LogP contribution in [0.1, 0.15) is 24.2 Å². The number of esters is 1. The third-order valence-electron chi connectivity index (χ3n) is 3.57. The van der Waals surface area contributed by atoms with Gasteiger partial charge in [-0.3, -0.25) is 14.3 Å². The van der Waals surface area contributed by atoms with E-state index in [-0.39, 0.29) is 0 Å². The molecule has 0 saturated heterocycles. The minimum atomic E-state index is -4.59. The van der Waals surface area contributed by atoms with Gasteiger partial charge in [0.05, 0.1) is 13.2 Å². The number of rotatable bonds is 7. The van der Waals surface area contributed by atoms with Gasteiger partial charge in [-0.25, -0.2) is 0 Å². The number of benzene rings is 1. The fourth-order valence-corrected chi connectivity index (χ4v) is 2.31. The molecule has 0 fully saturated rings. The fourth-order valence-electron chi connectivity index (χ4n) is 2.31. The zero-order chi connectivity index (χ0) is 20.0. The Morgan fingerprint density at radius 1 is 1.26 bits per heavy atom. The fraction of sp³-hybridized carbons (Fsp3) is 0.353. The lowest BCUT2D eigenvalue weighted by Crippen LogP contribution is -2.31. The Hall–Kier alpha value is -3.04. The first-order valence-electron chi connectivity index (χ1n) is 7.89. The van der Waals surface area contributed by atoms with Crippen LogP contribution >= 0.6 is 0 Å². The summed E-state index contributed by atoms with van der Waals surface area (Å²) in [5, 5.41) is 5.88. The monoisotopic (exact) mass is 385 g/mol. The average Bonchev–Trinajstić information content (AvgIpc) is 3.08. The van der Waals surface area contributed by atoms with E-state index in [9.17, 15) is 22.8 Å². The Balaban J connectivity index is 1.82. The highest BCUT2D eigenvalue weighted by Crippen LogP contribution is 2.27. The van der Waals surface area contributed by atoms with Gasteiger partial charge < -0.3 is 14.8 Å². The van der Waals surface area contributed by atoms with Crippen LogP contribution in [0.2, 0.25) is 0 Å². The minimum Gasteiger partial charge on any atom is -0.496 e. The van der Waals surface area contributed by atoms with E-state index >= 15 is 0 Å². The van der Waals surface area contributed by atoms with Crippen molar-refractivity contribution in [2.24, 2.45) is 0 Å². The van der Waals surface area contributed by atoms with Gasteiger partial charge in [-0.1, -0.05) is 18.2 Å². The van der Waals surface area contributed by atoms with Gasteiger partial charge in [0.15, 0.2) is 12.3 Å². The van der Waals surface area contributed by atoms with Crippen molar-refractivity contribution in [1.82, 2.24) is 15.1 Å². The van der Waals surface area contributed by atoms with Crippen LogP contribution in [0.3, 0.4) is 0 Å². The summed E-state index contributed by atoms with van der Waals surface area (Å²) in [6.07, 6.45) is -3.59. The van der Waals surface area contributed by atoms with Crippen LogP contribution in [0.15, 0.2) is 36.5 Å². The second-order valence-electron chi connectivity index (χ2n) is 5.59. The molecule has 0 spiro atoms. The number of aromatic nitrogens is 2. The van der Waals surface area contributed by atoms with Gasteiger partial charge in [-0.2, -0.15) is 18.3 Å². The molecule has 0 aliphatic rings. The Morgan fingerprint density at radius 2 is 1.96 bits per heavy atom. The molecule has 0 aliphatic heterocycles. The second kappa shape index (κ2) is 8.56. The largest absolute Gasteiger partial charge is 0.496 e. The van der Waals surface area contributed by atoms with Crippen LogP contribution in [0.5, 0.6) is 5.75 Å². The van der Waals surface area contributed by atoms with Crippen molar-refractivity contribution in [2.45, 2.75) is 25.7 Å². The lowest BCUT2D eigenvalue weighted by atomic mass is 10.1. The lowest BCUT2D eigenvalue weighted by Gasteiger charge is -2.17. The molecule has 0 bridgehead atoms. The topological polar surface area (TPSA) is 82.5 Å². The van der Waals surface area contributed by atoms with Crippen molar-refractivity contribution >= 4 is 11.9 Å². The van der Waals surface area contributed by atoms with E-state index in [1.54, 1.807) is 31.2 Å². The molecular formula is C17H18F3N3O4. The summed E-state index contributed by atoms with van der Waals surface area (Å²) in [5.74, 6) is -0.841. The predicted octanol–water partition coefficient (Wildman–Crippen LogP) is 2.33. The molecule has 1 heterocycles. The van der Waals surface area contributed by atoms with E-state index in [0.29, 0.717) is 5.75 Å². The quantitative estimate of drug-likeness (QED) is 0.740. The first-order chi connectivity index (χ1) is 12.7. The molecular weight excluding hydrogens is 367 g/mol. The van der Waals surface area contributed by atoms with Gasteiger partial charge in [-0.15, -0.1) is 0 Å². The van der Waals surface area contributed by atoms with Crippen LogP contribution in [0, 0.1) is 0 Å². The molecule has 0 aliphatic carbocycles. The van der Waals surface area contributed by atoms with E-state index < -0.39 is 42.9 Å². The molecule has 1 unspecified atom stereocenters. The number of ether oxygens (including phenoxy) is 2. The maximum atomic E-state index is 12.5. The highest BCUT2D eigenvalue weighted by Gasteiger charge is 2.33. The predicted molar refractivity (Wildman–Crippen MR) is 87.7 cm³/mol. The molecule has 2 rings (SSSR count). The molecule has 7 nitrogen and oxygen atoms in total. The summed E-state index contributed by atoms with van der Waals surface area (Å²) < 4.78 is 48.1. The number of hydrogen-bond acceptors (Lipinski definition) is 5. The van der Waals surface area contributed by atoms with Crippen LogP contribution in [-0.4, -0.2) is 35.4 Å². The summed E-state index contributed by atoms with van der Waals surface area (Å²) in [7, 11) is 1.51. The SMILES string of the molecule is COc1ccccc1C(C)NC(=O)COC(=O)Cn1ccc(C(F)(F)F)n1. The number of carbonyl (C=O) groups is 2. The number of nitrogens with zero attached hydrogens (tertiary/aromatic N) is 2. The van der Waals surface area contributed by atoms with Gasteiger partial charge in [0.25, 0.3) is 5.91 Å². The lowest BCUT2D eigenvalue weighted by molar-refractivity contribution is -0.150. The van der Waals surface area contributed by atoms with Crippen molar-refractivity contribution in [3.63, 3.8) is 0 Å². The highest BCUT2D eigenvalue weighted by molar-refractivity contribution is 5.80. The van der Waals surface area contributed by atoms with Crippen molar-refractivity contribution in [3.05, 3.63) is 47.8 Å². The number of halogens is 3. The van der Waals surface area contributed by atoms with Crippen molar-refractivity contribution in [1.29, 1.82) is 0 Å². The van der Waals surface area contributed by atoms with E-state index in [1.165, 1.54) is 7.11 Å². The highest BCUT2D eigenvalue weighted by atomic mass is 19.4. The summed E-state index contributed by atoms with van der Waals surface area (Å²) in [6, 6.07) is 7.46. The molecule has 1 atom stereocenters. The molecule has 0 saturated carbocycles. The van der Waals surface area contributed by atoms with Crippen molar-refractivity contribution < 1.29 is 32.2 Å². The van der Waals surface area contributed by atoms with Gasteiger partial charge in [0, 0.05) is 11.8 Å². The minimum absolute atomic E-state index is 0.396. The molecule has 1 N–H and O–H groups in total. The van der Waals surface area contributed by atoms with Crippen LogP contribution in [0.4, 0.5) is 13.2 Å². The Kier molecular flexibility index (Phi) is 6.43. The summed E-state index contributed by atoms with van der Waals surface area (Å²) in [6.45, 7) is 0.636. The smallest absolute Gasteiger partial charge is 0.435 e. The Labute approximate surface area is 153 Å². The van der Waals surface area contributed by atoms with Crippen LogP contribution < -0.4 is 10.1 Å². The first kappa shape index (κ1) is 20.3. The van der Waals surface area contributed by atoms with E-state index in [4.69, 9.17) is 9.47 Å². The number of methoxy groups -OCH3 is 1. The number of amides is 1. The molecule has 1 amide bonds. The average molecular weight is 385 g/mol. The zero-order valence-corrected chi connectivity index (χ0v) is 14.6. The third kappa shape index (κ3) is 5.73. The standard InChI is InChI=1S/C17H18F3N3O4/c1-11(12-5-3-4-6-13(12)26-2)21-15(24)10-27-16(25)9-23-8-7-14(22-23)17(18,19)20/h3-8,11H,9-10H2,1-2H3,(H,21,24). The second-order valence-corrected chi connectivity index (χ2v) is 5.59. The molecule has 10 heteroatoms. The number of alkyl halides is 3. The summed E-state index contributed by atoms with van der Waals surface area (Å²) >= 11 is 0. The summed E-state index contributed by atoms with van der Waals surface area (Å²) in [5.41, 5.74) is -0.366. The van der Waals surface area contributed by atoms with Gasteiger partial charge in [0.2, 0.25) is 0 Å². The number of carbonyl (C=O) groups excluding carboxylic acids is 2. The van der Waals surface area contributed by atoms with E-state index in [2.05, 4.69) is 10.4 Å². The normalized spacial score (nSPS) is 12.3. The van der Waals surface area contributed by atoms with Crippen LogP contribution in [-0.2, 0) is 27.0 Å². The third-order valence-corrected chi connectivity index (χ3v) is 3.57. The van der Waals surface area contributed by atoms with Crippen molar-refractivity contribution in [3.8, 4) is 5.75 Å². The van der Waals surface area contributed by atoms with E-state index in [0.717, 1.165) is 22.5 Å². The zero-order valence-electron chi connectivity index (χ0n) is 14.6. The van der Waals surface area contributed by atoms with Crippen molar-refractivity contribution in [2.75, 3.05) is 13.7 Å². The molecule has 1 aromatic carbocycles. The Bertz CT molecular complexity index is 805. The molecule has 146 valence electrons. The molecule has 0 radical (unpaired) electrons. The maximum Gasteiger partial charge on any atom is 0.435 e. The van der Waals surface area contributed by atoms with E-state index in [1.807, 2.05) is 0 Å².